The molecule has 0 rings (SSSR count). The standard InChI is InChI=1S/C37H67NO5/c1-7-13-14-15-16-17-18-19-20-21-22-23-24-25-26-27-29-33(12-6)43-38(42-32-11-5)35(39)34(28-8-2)37(30-9-3,31-10-4)36(40)41/h8-10,28,30-31,33-34H,7,11-27,29,32H2,1-6H3,(H,40,41)/b28-8+,30-9+,31-10+. The van der Waals surface area contributed by atoms with Crippen molar-refractivity contribution in [3.05, 3.63) is 36.5 Å². The third-order valence-electron chi connectivity index (χ3n) is 8.09. The molecule has 0 saturated heterocycles. The summed E-state index contributed by atoms with van der Waals surface area (Å²) < 4.78 is 0. The van der Waals surface area contributed by atoms with E-state index < -0.39 is 23.2 Å². The number of carboxylic acid groups (broad SMARTS) is 1. The highest BCUT2D eigenvalue weighted by Gasteiger charge is 2.46. The summed E-state index contributed by atoms with van der Waals surface area (Å²) in [7, 11) is 0. The Morgan fingerprint density at radius 2 is 1.16 bits per heavy atom. The molecule has 2 atom stereocenters. The summed E-state index contributed by atoms with van der Waals surface area (Å²) in [4.78, 5) is 38.2. The molecule has 0 spiro atoms. The number of hydroxylamine groups is 2. The predicted octanol–water partition coefficient (Wildman–Crippen LogP) is 10.9. The maximum absolute atomic E-state index is 13.8. The van der Waals surface area contributed by atoms with E-state index in [4.69, 9.17) is 9.68 Å². The van der Waals surface area contributed by atoms with Gasteiger partial charge in [-0.05, 0) is 40.0 Å². The Balaban J connectivity index is 4.74. The number of aliphatic carboxylic acids is 1. The maximum Gasteiger partial charge on any atom is 0.318 e. The minimum absolute atomic E-state index is 0.179. The van der Waals surface area contributed by atoms with Crippen molar-refractivity contribution in [3.8, 4) is 0 Å². The van der Waals surface area contributed by atoms with Gasteiger partial charge in [0.05, 0.1) is 18.6 Å². The quantitative estimate of drug-likeness (QED) is 0.0521. The summed E-state index contributed by atoms with van der Waals surface area (Å²) in [5, 5.41) is 11.2. The molecule has 0 fully saturated rings. The first-order valence-electron chi connectivity index (χ1n) is 17.7. The largest absolute Gasteiger partial charge is 0.480 e. The predicted molar refractivity (Wildman–Crippen MR) is 180 cm³/mol. The Labute approximate surface area is 265 Å². The molecule has 1 amide bonds. The van der Waals surface area contributed by atoms with Gasteiger partial charge in [0, 0.05) is 0 Å². The van der Waals surface area contributed by atoms with Crippen LogP contribution in [0.1, 0.15) is 164 Å². The van der Waals surface area contributed by atoms with Crippen molar-refractivity contribution in [2.75, 3.05) is 6.61 Å². The van der Waals surface area contributed by atoms with E-state index in [2.05, 4.69) is 6.92 Å². The minimum Gasteiger partial charge on any atom is -0.480 e. The number of allylic oxidation sites excluding steroid dienone is 3. The Morgan fingerprint density at radius 3 is 1.53 bits per heavy atom. The summed E-state index contributed by atoms with van der Waals surface area (Å²) in [5.74, 6) is -2.64. The number of nitrogens with zero attached hydrogens (tertiary/aromatic N) is 1. The lowest BCUT2D eigenvalue weighted by molar-refractivity contribution is -0.362. The van der Waals surface area contributed by atoms with E-state index in [0.717, 1.165) is 30.9 Å². The van der Waals surface area contributed by atoms with Crippen LogP contribution in [0.4, 0.5) is 0 Å². The molecule has 0 heterocycles. The molecule has 0 aromatic carbocycles. The average Bonchev–Trinajstić information content (AvgIpc) is 3.00. The fourth-order valence-electron chi connectivity index (χ4n) is 5.55. The zero-order valence-corrected chi connectivity index (χ0v) is 28.8. The van der Waals surface area contributed by atoms with Gasteiger partial charge in [0.1, 0.15) is 5.41 Å². The van der Waals surface area contributed by atoms with Gasteiger partial charge in [0.15, 0.2) is 0 Å². The molecule has 0 aromatic rings. The number of hydrogen-bond acceptors (Lipinski definition) is 4. The summed E-state index contributed by atoms with van der Waals surface area (Å²) in [6.45, 7) is 11.9. The Hall–Kier alpha value is -1.92. The van der Waals surface area contributed by atoms with E-state index in [0.29, 0.717) is 13.0 Å². The number of hydrogen-bond donors (Lipinski definition) is 1. The molecule has 6 nitrogen and oxygen atoms in total. The molecule has 6 heteroatoms. The fraction of sp³-hybridized carbons (Fsp3) is 0.784. The van der Waals surface area contributed by atoms with Crippen molar-refractivity contribution in [3.63, 3.8) is 0 Å². The maximum atomic E-state index is 13.8. The van der Waals surface area contributed by atoms with Crippen LogP contribution in [0, 0.1) is 11.3 Å². The Bertz CT molecular complexity index is 763. The van der Waals surface area contributed by atoms with Crippen LogP contribution >= 0.6 is 0 Å². The van der Waals surface area contributed by atoms with Crippen molar-refractivity contribution < 1.29 is 24.4 Å². The van der Waals surface area contributed by atoms with Crippen molar-refractivity contribution in [2.45, 2.75) is 170 Å². The normalized spacial score (nSPS) is 13.8. The lowest BCUT2D eigenvalue weighted by Crippen LogP contribution is -2.47. The topological polar surface area (TPSA) is 76.1 Å². The zero-order valence-electron chi connectivity index (χ0n) is 28.8. The highest BCUT2D eigenvalue weighted by Crippen LogP contribution is 2.36. The van der Waals surface area contributed by atoms with Crippen LogP contribution in [0.25, 0.3) is 0 Å². The highest BCUT2D eigenvalue weighted by atomic mass is 17.0. The lowest BCUT2D eigenvalue weighted by Gasteiger charge is -2.33. The first-order chi connectivity index (χ1) is 20.9. The van der Waals surface area contributed by atoms with Gasteiger partial charge in [0.25, 0.3) is 5.91 Å². The molecule has 250 valence electrons. The Morgan fingerprint density at radius 1 is 0.698 bits per heavy atom. The summed E-state index contributed by atoms with van der Waals surface area (Å²) >= 11 is 0. The van der Waals surface area contributed by atoms with E-state index in [1.807, 2.05) is 13.8 Å². The number of amides is 1. The van der Waals surface area contributed by atoms with Crippen LogP contribution in [-0.4, -0.2) is 34.9 Å². The van der Waals surface area contributed by atoms with Gasteiger partial charge in [-0.15, -0.1) is 0 Å². The Kier molecular flexibility index (Phi) is 26.4. The molecular weight excluding hydrogens is 538 g/mol. The van der Waals surface area contributed by atoms with Gasteiger partial charge in [-0.2, -0.15) is 0 Å². The first-order valence-corrected chi connectivity index (χ1v) is 17.7. The molecule has 0 aromatic heterocycles. The number of carbonyl (C=O) groups is 2. The van der Waals surface area contributed by atoms with Crippen molar-refractivity contribution in [1.29, 1.82) is 0 Å². The molecule has 0 bridgehead atoms. The summed E-state index contributed by atoms with van der Waals surface area (Å²) in [5.41, 5.74) is -1.54. The van der Waals surface area contributed by atoms with Crippen LogP contribution in [0.2, 0.25) is 0 Å². The van der Waals surface area contributed by atoms with Gasteiger partial charge in [-0.25, -0.2) is 9.68 Å². The number of unbranched alkanes of at least 4 members (excludes halogenated alkanes) is 15. The van der Waals surface area contributed by atoms with Gasteiger partial charge in [-0.1, -0.05) is 165 Å². The second-order valence-corrected chi connectivity index (χ2v) is 11.9. The number of carboxylic acids is 1. The lowest BCUT2D eigenvalue weighted by atomic mass is 9.73. The van der Waals surface area contributed by atoms with E-state index in [1.54, 1.807) is 57.2 Å². The molecular formula is C37H67NO5. The van der Waals surface area contributed by atoms with Crippen LogP contribution in [0.3, 0.4) is 0 Å². The number of rotatable bonds is 29. The molecule has 43 heavy (non-hydrogen) atoms. The monoisotopic (exact) mass is 606 g/mol. The smallest absolute Gasteiger partial charge is 0.318 e. The van der Waals surface area contributed by atoms with E-state index in [-0.39, 0.29) is 6.10 Å². The second kappa shape index (κ2) is 27.6. The zero-order chi connectivity index (χ0) is 32.2. The summed E-state index contributed by atoms with van der Waals surface area (Å²) in [6.07, 6.45) is 33.1. The average molecular weight is 606 g/mol. The van der Waals surface area contributed by atoms with E-state index in [1.165, 1.54) is 89.9 Å². The minimum atomic E-state index is -1.54. The molecule has 0 aliphatic carbocycles. The van der Waals surface area contributed by atoms with Crippen LogP contribution in [-0.2, 0) is 19.3 Å². The van der Waals surface area contributed by atoms with Crippen LogP contribution in [0.5, 0.6) is 0 Å². The molecule has 0 aliphatic rings. The molecule has 0 saturated carbocycles. The second-order valence-electron chi connectivity index (χ2n) is 11.9. The third-order valence-corrected chi connectivity index (χ3v) is 8.09. The molecule has 0 radical (unpaired) electrons. The fourth-order valence-corrected chi connectivity index (χ4v) is 5.55. The number of carbonyl (C=O) groups excluding carboxylic acids is 1. The van der Waals surface area contributed by atoms with Gasteiger partial charge in [-0.3, -0.25) is 9.59 Å². The van der Waals surface area contributed by atoms with Gasteiger partial charge < -0.3 is 5.11 Å². The van der Waals surface area contributed by atoms with Crippen molar-refractivity contribution >= 4 is 11.9 Å². The van der Waals surface area contributed by atoms with Crippen molar-refractivity contribution in [1.82, 2.24) is 5.23 Å². The summed E-state index contributed by atoms with van der Waals surface area (Å²) in [6, 6.07) is 0. The third kappa shape index (κ3) is 17.8. The van der Waals surface area contributed by atoms with Crippen molar-refractivity contribution in [2.24, 2.45) is 11.3 Å². The van der Waals surface area contributed by atoms with Gasteiger partial charge >= 0.3 is 5.97 Å². The highest BCUT2D eigenvalue weighted by molar-refractivity contribution is 5.91. The SMILES string of the molecule is C/C=C/C(C(=O)N(OCCC)OC(CC)CCCCCCCCCCCCCCCCCC)C(/C=C/C)(/C=C/C)C(=O)O. The molecule has 2 unspecified atom stereocenters. The molecule has 0 aliphatic heterocycles. The van der Waals surface area contributed by atoms with E-state index in [9.17, 15) is 14.7 Å². The van der Waals surface area contributed by atoms with E-state index >= 15 is 0 Å². The first kappa shape index (κ1) is 41.1. The van der Waals surface area contributed by atoms with Crippen LogP contribution < -0.4 is 0 Å². The molecule has 1 N–H and O–H groups in total. The van der Waals surface area contributed by atoms with Gasteiger partial charge in [0.2, 0.25) is 0 Å². The van der Waals surface area contributed by atoms with Crippen LogP contribution in [0.15, 0.2) is 36.5 Å².